The minimum Gasteiger partial charge on any atom is -0.348 e. The first-order valence-electron chi connectivity index (χ1n) is 8.42. The lowest BCUT2D eigenvalue weighted by atomic mass is 9.90. The summed E-state index contributed by atoms with van der Waals surface area (Å²) >= 11 is 0. The molecule has 3 rings (SSSR count). The summed E-state index contributed by atoms with van der Waals surface area (Å²) in [5, 5.41) is 0.0219. The number of nitrogens with one attached hydrogen (secondary N) is 3. The van der Waals surface area contributed by atoms with Gasteiger partial charge in [-0.05, 0) is 17.7 Å². The van der Waals surface area contributed by atoms with Gasteiger partial charge in [0.1, 0.15) is 10.7 Å². The molecule has 2 aromatic heterocycles. The first-order valence-corrected chi connectivity index (χ1v) is 7.92. The average Bonchev–Trinajstić information content (AvgIpc) is 3.08. The second-order valence-corrected chi connectivity index (χ2v) is 6.75. The summed E-state index contributed by atoms with van der Waals surface area (Å²) in [5.74, 6) is 0. The highest BCUT2D eigenvalue weighted by Crippen LogP contribution is 2.22. The molecule has 0 bridgehead atoms. The minimum atomic E-state index is -0.542. The van der Waals surface area contributed by atoms with E-state index in [0.717, 1.165) is 11.3 Å². The van der Waals surface area contributed by atoms with Crippen LogP contribution in [0.25, 0.3) is 12.1 Å². The summed E-state index contributed by atoms with van der Waals surface area (Å²) in [6, 6.07) is 9.08. The van der Waals surface area contributed by atoms with Crippen LogP contribution in [0.4, 0.5) is 0 Å². The zero-order chi connectivity index (χ0) is 18.9. The quantitative estimate of drug-likeness (QED) is 0.644. The molecule has 0 saturated heterocycles. The van der Waals surface area contributed by atoms with Gasteiger partial charge in [-0.3, -0.25) is 9.59 Å². The van der Waals surface area contributed by atoms with Gasteiger partial charge in [0, 0.05) is 11.1 Å². The van der Waals surface area contributed by atoms with E-state index < -0.39 is 11.1 Å². The lowest BCUT2D eigenvalue weighted by Crippen LogP contribution is -2.46. The van der Waals surface area contributed by atoms with E-state index >= 15 is 0 Å². The highest BCUT2D eigenvalue weighted by Gasteiger charge is 2.19. The van der Waals surface area contributed by atoms with Crippen LogP contribution in [0.2, 0.25) is 0 Å². The Morgan fingerprint density at radius 1 is 1.04 bits per heavy atom. The Morgan fingerprint density at radius 2 is 1.68 bits per heavy atom. The summed E-state index contributed by atoms with van der Waals surface area (Å²) in [6.45, 7) is 5.92. The number of imidazole rings is 1. The molecule has 3 aromatic rings. The van der Waals surface area contributed by atoms with Crippen molar-refractivity contribution in [3.05, 3.63) is 85.0 Å². The zero-order valence-corrected chi connectivity index (χ0v) is 14.3. The Balaban J connectivity index is 2.23. The Morgan fingerprint density at radius 3 is 2.36 bits per heavy atom. The third kappa shape index (κ3) is 3.68. The number of H-pyrrole nitrogens is 3. The molecule has 0 atom stereocenters. The molecule has 0 amide bonds. The molecule has 6 heteroatoms. The van der Waals surface area contributed by atoms with Crippen LogP contribution >= 0.6 is 0 Å². The Hall–Kier alpha value is -3.15. The predicted molar refractivity (Wildman–Crippen MR) is 97.8 cm³/mol. The van der Waals surface area contributed by atoms with Gasteiger partial charge >= 0.3 is 0 Å². The highest BCUT2D eigenvalue weighted by atomic mass is 16.1. The number of nitrogens with zero attached hydrogens (tertiary/aromatic N) is 1. The van der Waals surface area contributed by atoms with Crippen LogP contribution < -0.4 is 21.8 Å². The molecule has 2 heterocycles. The smallest absolute Gasteiger partial charge is 0.272 e. The van der Waals surface area contributed by atoms with E-state index in [9.17, 15) is 9.59 Å². The van der Waals surface area contributed by atoms with Crippen LogP contribution in [0, 0.1) is 0 Å². The molecule has 0 aliphatic heterocycles. The van der Waals surface area contributed by atoms with Gasteiger partial charge in [0.15, 0.2) is 0 Å². The van der Waals surface area contributed by atoms with Crippen LogP contribution in [0.15, 0.2) is 46.2 Å². The van der Waals surface area contributed by atoms with Gasteiger partial charge in [-0.25, -0.2) is 4.98 Å². The van der Waals surface area contributed by atoms with Gasteiger partial charge in [0.05, 0.1) is 13.4 Å². The average molecular weight is 337 g/mol. The summed E-state index contributed by atoms with van der Waals surface area (Å²) in [6.07, 6.45) is 3.07. The van der Waals surface area contributed by atoms with Gasteiger partial charge in [-0.1, -0.05) is 51.1 Å². The van der Waals surface area contributed by atoms with Crippen molar-refractivity contribution in [1.82, 2.24) is 19.9 Å². The summed E-state index contributed by atoms with van der Waals surface area (Å²) < 4.78 is 8.35. The van der Waals surface area contributed by atoms with E-state index in [1.165, 1.54) is 6.33 Å². The van der Waals surface area contributed by atoms with Gasteiger partial charge in [-0.15, -0.1) is 0 Å². The maximum absolute atomic E-state index is 12.5. The van der Waals surface area contributed by atoms with E-state index in [1.807, 2.05) is 51.1 Å². The molecular formula is C19H20N4O2. The Bertz CT molecular complexity index is 1160. The first kappa shape index (κ1) is 15.4. The van der Waals surface area contributed by atoms with Gasteiger partial charge in [-0.2, -0.15) is 0 Å². The molecule has 1 aromatic carbocycles. The molecule has 0 fully saturated rings. The molecule has 25 heavy (non-hydrogen) atoms. The van der Waals surface area contributed by atoms with Crippen LogP contribution in [0.3, 0.4) is 0 Å². The van der Waals surface area contributed by atoms with E-state index in [-0.39, 0.29) is 22.2 Å². The second-order valence-electron chi connectivity index (χ2n) is 6.75. The predicted octanol–water partition coefficient (Wildman–Crippen LogP) is 0.741. The fourth-order valence-corrected chi connectivity index (χ4v) is 2.46. The molecular weight excluding hydrogens is 316 g/mol. The van der Waals surface area contributed by atoms with Crippen molar-refractivity contribution >= 4 is 12.1 Å². The molecule has 128 valence electrons. The maximum Gasteiger partial charge on any atom is 0.272 e. The normalized spacial score (nSPS) is 14.4. The van der Waals surface area contributed by atoms with Crippen molar-refractivity contribution in [2.75, 3.05) is 0 Å². The second kappa shape index (κ2) is 6.39. The van der Waals surface area contributed by atoms with E-state index in [2.05, 4.69) is 19.9 Å². The van der Waals surface area contributed by atoms with Crippen molar-refractivity contribution < 1.29 is 1.37 Å². The molecule has 0 radical (unpaired) electrons. The minimum absolute atomic E-state index is 0.113. The van der Waals surface area contributed by atoms with Gasteiger partial charge < -0.3 is 15.0 Å². The zero-order valence-electron chi connectivity index (χ0n) is 15.3. The van der Waals surface area contributed by atoms with Crippen molar-refractivity contribution in [1.29, 1.82) is 0 Å². The van der Waals surface area contributed by atoms with Crippen LogP contribution in [0.1, 0.15) is 39.1 Å². The van der Waals surface area contributed by atoms with Crippen molar-refractivity contribution in [3.63, 3.8) is 0 Å². The number of aromatic nitrogens is 4. The maximum atomic E-state index is 12.5. The van der Waals surface area contributed by atoms with Gasteiger partial charge in [0.25, 0.3) is 11.1 Å². The Labute approximate surface area is 145 Å². The lowest BCUT2D eigenvalue weighted by Gasteiger charge is -2.16. The summed E-state index contributed by atoms with van der Waals surface area (Å²) in [5.41, 5.74) is 0.562. The molecule has 3 N–H and O–H groups in total. The van der Waals surface area contributed by atoms with Crippen molar-refractivity contribution in [2.45, 2.75) is 26.2 Å². The van der Waals surface area contributed by atoms with Crippen molar-refractivity contribution in [3.8, 4) is 0 Å². The van der Waals surface area contributed by atoms with Crippen LogP contribution in [-0.2, 0) is 5.41 Å². The fourth-order valence-electron chi connectivity index (χ4n) is 2.46. The van der Waals surface area contributed by atoms with Crippen LogP contribution in [0.5, 0.6) is 0 Å². The number of benzene rings is 1. The van der Waals surface area contributed by atoms with E-state index in [0.29, 0.717) is 5.69 Å². The number of aromatic amines is 3. The summed E-state index contributed by atoms with van der Waals surface area (Å²) in [7, 11) is 0. The standard InChI is InChI=1S/C19H20N4O2/c1-19(2,3)16-13(20-11-21-16)10-15-18(25)22-14(17(24)23-15)9-12-7-5-4-6-8-12/h4-11H,1-3H3,(H,20,21)(H,22,25)(H,23,24)/i10D. The largest absolute Gasteiger partial charge is 0.348 e. The van der Waals surface area contributed by atoms with Gasteiger partial charge in [0.2, 0.25) is 0 Å². The third-order valence-electron chi connectivity index (χ3n) is 3.70. The fraction of sp³-hybridized carbons (Fsp3) is 0.211. The third-order valence-corrected chi connectivity index (χ3v) is 3.70. The molecule has 0 aliphatic carbocycles. The number of hydrogen-bond acceptors (Lipinski definition) is 3. The molecule has 6 nitrogen and oxygen atoms in total. The molecule has 0 aliphatic rings. The number of rotatable bonds is 2. The van der Waals surface area contributed by atoms with E-state index in [1.54, 1.807) is 6.08 Å². The highest BCUT2D eigenvalue weighted by molar-refractivity contribution is 5.49. The monoisotopic (exact) mass is 337 g/mol. The summed E-state index contributed by atoms with van der Waals surface area (Å²) in [4.78, 5) is 37.1. The molecule has 0 unspecified atom stereocenters. The Kier molecular flexibility index (Phi) is 3.93. The number of hydrogen-bond donors (Lipinski definition) is 3. The topological polar surface area (TPSA) is 94.4 Å². The van der Waals surface area contributed by atoms with Crippen LogP contribution in [-0.4, -0.2) is 19.9 Å². The van der Waals surface area contributed by atoms with E-state index in [4.69, 9.17) is 1.37 Å². The first-order chi connectivity index (χ1) is 12.3. The lowest BCUT2D eigenvalue weighted by molar-refractivity contribution is 0.571. The SMILES string of the molecule is [2H]C(c1nc[nH]c1C(C)(C)C)=c1[nH]c(=O)c(=Cc2ccccc2)[nH]c1=O. The molecule has 0 spiro atoms. The van der Waals surface area contributed by atoms with Crippen molar-refractivity contribution in [2.24, 2.45) is 0 Å². The molecule has 0 saturated carbocycles.